The maximum atomic E-state index is 12.5. The van der Waals surface area contributed by atoms with Crippen molar-refractivity contribution >= 4 is 17.2 Å². The molecule has 1 amide bonds. The molecule has 0 spiro atoms. The highest BCUT2D eigenvalue weighted by molar-refractivity contribution is 5.92. The maximum absolute atomic E-state index is 12.5. The number of benzene rings is 1. The van der Waals surface area contributed by atoms with Crippen molar-refractivity contribution in [2.75, 3.05) is 5.32 Å². The molecule has 0 fully saturated rings. The SMILES string of the molecule is Cc1ccc(C)c(NC(=O)Cc2nnc3cc(-c4nc(C)no4)ccn23)c1. The Morgan fingerprint density at radius 2 is 2.00 bits per heavy atom. The monoisotopic (exact) mass is 362 g/mol. The van der Waals surface area contributed by atoms with Gasteiger partial charge in [0.25, 0.3) is 5.89 Å². The molecule has 0 bridgehead atoms. The molecular weight excluding hydrogens is 344 g/mol. The molecule has 8 nitrogen and oxygen atoms in total. The third-order valence-electron chi connectivity index (χ3n) is 4.24. The number of aryl methyl sites for hydroxylation is 3. The van der Waals surface area contributed by atoms with Crippen molar-refractivity contribution in [3.8, 4) is 11.5 Å². The van der Waals surface area contributed by atoms with E-state index in [4.69, 9.17) is 4.52 Å². The fraction of sp³-hybridized carbons (Fsp3) is 0.211. The topological polar surface area (TPSA) is 98.2 Å². The number of carbonyl (C=O) groups excluding carboxylic acids is 1. The minimum absolute atomic E-state index is 0.119. The molecule has 136 valence electrons. The van der Waals surface area contributed by atoms with Gasteiger partial charge in [-0.05, 0) is 50.1 Å². The number of anilines is 1. The predicted molar refractivity (Wildman–Crippen MR) is 99.3 cm³/mol. The highest BCUT2D eigenvalue weighted by atomic mass is 16.5. The second-order valence-corrected chi connectivity index (χ2v) is 6.45. The number of rotatable bonds is 4. The first kappa shape index (κ1) is 16.9. The first-order valence-corrected chi connectivity index (χ1v) is 8.51. The van der Waals surface area contributed by atoms with E-state index in [2.05, 4.69) is 25.7 Å². The van der Waals surface area contributed by atoms with Gasteiger partial charge in [0.15, 0.2) is 11.5 Å². The van der Waals surface area contributed by atoms with Crippen LogP contribution in [0.25, 0.3) is 17.1 Å². The Kier molecular flexibility index (Phi) is 4.15. The van der Waals surface area contributed by atoms with Gasteiger partial charge in [0.1, 0.15) is 5.82 Å². The Morgan fingerprint density at radius 3 is 2.78 bits per heavy atom. The zero-order chi connectivity index (χ0) is 19.0. The molecule has 4 aromatic rings. The first-order valence-electron chi connectivity index (χ1n) is 8.51. The molecule has 3 aromatic heterocycles. The van der Waals surface area contributed by atoms with Crippen LogP contribution in [0, 0.1) is 20.8 Å². The van der Waals surface area contributed by atoms with Gasteiger partial charge < -0.3 is 9.84 Å². The van der Waals surface area contributed by atoms with E-state index in [-0.39, 0.29) is 12.3 Å². The summed E-state index contributed by atoms with van der Waals surface area (Å²) in [5, 5.41) is 15.0. The quantitative estimate of drug-likeness (QED) is 0.599. The number of fused-ring (bicyclic) bond motifs is 1. The lowest BCUT2D eigenvalue weighted by molar-refractivity contribution is -0.115. The van der Waals surface area contributed by atoms with Gasteiger partial charge in [0.05, 0.1) is 6.42 Å². The Bertz CT molecular complexity index is 1140. The fourth-order valence-electron chi connectivity index (χ4n) is 2.82. The summed E-state index contributed by atoms with van der Waals surface area (Å²) in [6.07, 6.45) is 1.91. The summed E-state index contributed by atoms with van der Waals surface area (Å²) < 4.78 is 6.95. The summed E-state index contributed by atoms with van der Waals surface area (Å²) in [4.78, 5) is 16.7. The van der Waals surface area contributed by atoms with Crippen LogP contribution < -0.4 is 5.32 Å². The molecule has 1 N–H and O–H groups in total. The summed E-state index contributed by atoms with van der Waals surface area (Å²) in [6, 6.07) is 9.58. The highest BCUT2D eigenvalue weighted by Crippen LogP contribution is 2.20. The van der Waals surface area contributed by atoms with E-state index >= 15 is 0 Å². The molecule has 0 saturated heterocycles. The minimum atomic E-state index is -0.144. The summed E-state index contributed by atoms with van der Waals surface area (Å²) in [5.74, 6) is 1.40. The van der Waals surface area contributed by atoms with Crippen LogP contribution in [0.2, 0.25) is 0 Å². The third-order valence-corrected chi connectivity index (χ3v) is 4.24. The van der Waals surface area contributed by atoms with Crippen molar-refractivity contribution in [2.45, 2.75) is 27.2 Å². The fourth-order valence-corrected chi connectivity index (χ4v) is 2.82. The van der Waals surface area contributed by atoms with Gasteiger partial charge in [-0.15, -0.1) is 10.2 Å². The van der Waals surface area contributed by atoms with E-state index in [1.54, 1.807) is 23.6 Å². The molecule has 8 heteroatoms. The standard InChI is InChI=1S/C19H18N6O2/c1-11-4-5-12(2)15(8-11)21-18(26)10-17-23-22-16-9-14(6-7-25(16)17)19-20-13(3)24-27-19/h4-9H,10H2,1-3H3,(H,21,26). The molecule has 4 rings (SSSR count). The molecule has 0 aliphatic carbocycles. The second kappa shape index (κ2) is 6.64. The van der Waals surface area contributed by atoms with E-state index in [0.29, 0.717) is 23.2 Å². The number of carbonyl (C=O) groups is 1. The van der Waals surface area contributed by atoms with Crippen molar-refractivity contribution in [3.63, 3.8) is 0 Å². The third kappa shape index (κ3) is 3.41. The lowest BCUT2D eigenvalue weighted by Gasteiger charge is -2.09. The molecule has 0 unspecified atom stereocenters. The van der Waals surface area contributed by atoms with Crippen LogP contribution in [0.15, 0.2) is 41.1 Å². The molecule has 0 aliphatic rings. The van der Waals surface area contributed by atoms with Crippen LogP contribution in [0.4, 0.5) is 5.69 Å². The summed E-state index contributed by atoms with van der Waals surface area (Å²) in [6.45, 7) is 5.71. The summed E-state index contributed by atoms with van der Waals surface area (Å²) in [7, 11) is 0. The maximum Gasteiger partial charge on any atom is 0.258 e. The zero-order valence-corrected chi connectivity index (χ0v) is 15.2. The van der Waals surface area contributed by atoms with E-state index < -0.39 is 0 Å². The minimum Gasteiger partial charge on any atom is -0.334 e. The number of aromatic nitrogens is 5. The van der Waals surface area contributed by atoms with Gasteiger partial charge in [-0.1, -0.05) is 17.3 Å². The molecule has 1 aromatic carbocycles. The molecule has 0 atom stereocenters. The zero-order valence-electron chi connectivity index (χ0n) is 15.2. The van der Waals surface area contributed by atoms with Crippen LogP contribution in [-0.2, 0) is 11.2 Å². The van der Waals surface area contributed by atoms with Gasteiger partial charge in [-0.25, -0.2) is 0 Å². The average Bonchev–Trinajstić information content (AvgIpc) is 3.24. The van der Waals surface area contributed by atoms with Crippen LogP contribution >= 0.6 is 0 Å². The predicted octanol–water partition coefficient (Wildman–Crippen LogP) is 2.89. The Labute approximate surface area is 155 Å². The Morgan fingerprint density at radius 1 is 1.15 bits per heavy atom. The number of hydrogen-bond donors (Lipinski definition) is 1. The number of pyridine rings is 1. The normalized spacial score (nSPS) is 11.1. The first-order chi connectivity index (χ1) is 13.0. The van der Waals surface area contributed by atoms with Crippen LogP contribution in [0.1, 0.15) is 22.8 Å². The van der Waals surface area contributed by atoms with E-state index in [0.717, 1.165) is 22.4 Å². The van der Waals surface area contributed by atoms with Crippen LogP contribution in [-0.4, -0.2) is 30.6 Å². The van der Waals surface area contributed by atoms with E-state index in [1.807, 2.05) is 38.1 Å². The summed E-state index contributed by atoms with van der Waals surface area (Å²) in [5.41, 5.74) is 4.27. The van der Waals surface area contributed by atoms with Crippen molar-refractivity contribution in [1.29, 1.82) is 0 Å². The van der Waals surface area contributed by atoms with Gasteiger partial charge in [-0.2, -0.15) is 4.98 Å². The number of amides is 1. The van der Waals surface area contributed by atoms with Gasteiger partial charge >= 0.3 is 0 Å². The van der Waals surface area contributed by atoms with E-state index in [9.17, 15) is 4.79 Å². The number of hydrogen-bond acceptors (Lipinski definition) is 6. The molecule has 0 saturated carbocycles. The summed E-state index contributed by atoms with van der Waals surface area (Å²) >= 11 is 0. The van der Waals surface area contributed by atoms with Crippen molar-refractivity contribution in [3.05, 3.63) is 59.3 Å². The Hall–Kier alpha value is -3.55. The number of nitrogens with one attached hydrogen (secondary N) is 1. The molecule has 0 aliphatic heterocycles. The van der Waals surface area contributed by atoms with Gasteiger partial charge in [0.2, 0.25) is 5.91 Å². The Balaban J connectivity index is 1.55. The van der Waals surface area contributed by atoms with Crippen molar-refractivity contribution < 1.29 is 9.32 Å². The molecule has 3 heterocycles. The molecular formula is C19H18N6O2. The van der Waals surface area contributed by atoms with Gasteiger partial charge in [0, 0.05) is 17.4 Å². The van der Waals surface area contributed by atoms with Crippen LogP contribution in [0.5, 0.6) is 0 Å². The smallest absolute Gasteiger partial charge is 0.258 e. The highest BCUT2D eigenvalue weighted by Gasteiger charge is 2.14. The largest absolute Gasteiger partial charge is 0.334 e. The molecule has 27 heavy (non-hydrogen) atoms. The molecule has 0 radical (unpaired) electrons. The number of nitrogens with zero attached hydrogens (tertiary/aromatic N) is 5. The van der Waals surface area contributed by atoms with Crippen LogP contribution in [0.3, 0.4) is 0 Å². The average molecular weight is 362 g/mol. The van der Waals surface area contributed by atoms with Crippen molar-refractivity contribution in [2.24, 2.45) is 0 Å². The van der Waals surface area contributed by atoms with Gasteiger partial charge in [-0.3, -0.25) is 9.20 Å². The lowest BCUT2D eigenvalue weighted by atomic mass is 10.1. The second-order valence-electron chi connectivity index (χ2n) is 6.45. The van der Waals surface area contributed by atoms with Crippen molar-refractivity contribution in [1.82, 2.24) is 24.7 Å². The van der Waals surface area contributed by atoms with E-state index in [1.165, 1.54) is 0 Å². The lowest BCUT2D eigenvalue weighted by Crippen LogP contribution is -2.17.